The van der Waals surface area contributed by atoms with Crippen LogP contribution in [0.4, 0.5) is 5.95 Å². The number of alkyl halides is 1. The van der Waals surface area contributed by atoms with Gasteiger partial charge in [-0.3, -0.25) is 0 Å². The highest BCUT2D eigenvalue weighted by Gasteiger charge is 2.35. The molecule has 2 unspecified atom stereocenters. The smallest absolute Gasteiger partial charge is 0.225 e. The zero-order valence-corrected chi connectivity index (χ0v) is 11.6. The van der Waals surface area contributed by atoms with Crippen LogP contribution >= 0.6 is 15.9 Å². The van der Waals surface area contributed by atoms with Crippen LogP contribution in [0.1, 0.15) is 37.7 Å². The maximum Gasteiger partial charge on any atom is 0.225 e. The Morgan fingerprint density at radius 3 is 2.71 bits per heavy atom. The summed E-state index contributed by atoms with van der Waals surface area (Å²) >= 11 is 3.43. The van der Waals surface area contributed by atoms with Crippen molar-refractivity contribution < 1.29 is 0 Å². The molecule has 0 bridgehead atoms. The molecule has 2 aliphatic rings. The molecule has 4 heteroatoms. The molecule has 2 atom stereocenters. The second-order valence-corrected chi connectivity index (χ2v) is 5.68. The first-order chi connectivity index (χ1) is 8.38. The van der Waals surface area contributed by atoms with E-state index in [0.29, 0.717) is 6.04 Å². The fourth-order valence-electron chi connectivity index (χ4n) is 3.27. The molecule has 0 radical (unpaired) electrons. The van der Waals surface area contributed by atoms with Gasteiger partial charge in [0, 0.05) is 30.3 Å². The number of nitrogens with zero attached hydrogens (tertiary/aromatic N) is 3. The van der Waals surface area contributed by atoms with Gasteiger partial charge in [-0.1, -0.05) is 22.4 Å². The Labute approximate surface area is 111 Å². The number of piperidine rings is 1. The number of aromatic nitrogens is 2. The summed E-state index contributed by atoms with van der Waals surface area (Å²) in [4.78, 5) is 11.5. The molecule has 1 aromatic heterocycles. The Kier molecular flexibility index (Phi) is 3.32. The van der Waals surface area contributed by atoms with Gasteiger partial charge < -0.3 is 4.90 Å². The van der Waals surface area contributed by atoms with Gasteiger partial charge in [0.05, 0.1) is 0 Å². The number of hydrogen-bond acceptors (Lipinski definition) is 3. The highest BCUT2D eigenvalue weighted by Crippen LogP contribution is 2.37. The quantitative estimate of drug-likeness (QED) is 0.785. The van der Waals surface area contributed by atoms with E-state index >= 15 is 0 Å². The largest absolute Gasteiger partial charge is 0.338 e. The minimum atomic E-state index is 0.707. The van der Waals surface area contributed by atoms with Gasteiger partial charge in [0.1, 0.15) is 0 Å². The fraction of sp³-hybridized carbons (Fsp3) is 0.692. The normalized spacial score (nSPS) is 28.2. The molecule has 0 amide bonds. The monoisotopic (exact) mass is 295 g/mol. The van der Waals surface area contributed by atoms with Crippen molar-refractivity contribution in [3.63, 3.8) is 0 Å². The minimum absolute atomic E-state index is 0.707. The summed E-state index contributed by atoms with van der Waals surface area (Å²) in [7, 11) is 0. The van der Waals surface area contributed by atoms with E-state index in [1.165, 1.54) is 32.1 Å². The van der Waals surface area contributed by atoms with Crippen molar-refractivity contribution in [3.8, 4) is 0 Å². The second-order valence-electron chi connectivity index (χ2n) is 5.12. The van der Waals surface area contributed by atoms with E-state index in [0.717, 1.165) is 29.3 Å². The lowest BCUT2D eigenvalue weighted by atomic mass is 9.92. The average molecular weight is 296 g/mol. The molecular weight excluding hydrogens is 278 g/mol. The summed E-state index contributed by atoms with van der Waals surface area (Å²) < 4.78 is 0. The number of anilines is 1. The van der Waals surface area contributed by atoms with Crippen LogP contribution < -0.4 is 4.90 Å². The standard InChI is InChI=1S/C13H18BrN3/c14-7-10-8-15-13(16-9-10)17-6-2-4-11-3-1-5-12(11)17/h8-9,11-12H,1-7H2. The van der Waals surface area contributed by atoms with Crippen molar-refractivity contribution in [2.24, 2.45) is 5.92 Å². The van der Waals surface area contributed by atoms with Crippen molar-refractivity contribution in [1.29, 1.82) is 0 Å². The fourth-order valence-corrected chi connectivity index (χ4v) is 3.56. The van der Waals surface area contributed by atoms with Crippen LogP contribution in [0, 0.1) is 5.92 Å². The van der Waals surface area contributed by atoms with Crippen LogP contribution in [0.5, 0.6) is 0 Å². The van der Waals surface area contributed by atoms with Gasteiger partial charge in [0.2, 0.25) is 5.95 Å². The van der Waals surface area contributed by atoms with Crippen LogP contribution in [0.15, 0.2) is 12.4 Å². The maximum absolute atomic E-state index is 4.52. The number of fused-ring (bicyclic) bond motifs is 1. The van der Waals surface area contributed by atoms with Crippen molar-refractivity contribution in [2.45, 2.75) is 43.5 Å². The third kappa shape index (κ3) is 2.19. The van der Waals surface area contributed by atoms with Gasteiger partial charge in [-0.15, -0.1) is 0 Å². The van der Waals surface area contributed by atoms with E-state index in [4.69, 9.17) is 0 Å². The molecule has 92 valence electrons. The van der Waals surface area contributed by atoms with Gasteiger partial charge in [-0.05, 0) is 37.2 Å². The summed E-state index contributed by atoms with van der Waals surface area (Å²) in [5, 5.41) is 0.833. The highest BCUT2D eigenvalue weighted by molar-refractivity contribution is 9.08. The first-order valence-electron chi connectivity index (χ1n) is 6.52. The van der Waals surface area contributed by atoms with E-state index in [2.05, 4.69) is 30.8 Å². The summed E-state index contributed by atoms with van der Waals surface area (Å²) in [5.74, 6) is 1.83. The Morgan fingerprint density at radius 1 is 1.18 bits per heavy atom. The van der Waals surface area contributed by atoms with E-state index in [-0.39, 0.29) is 0 Å². The van der Waals surface area contributed by atoms with Crippen LogP contribution in [-0.4, -0.2) is 22.6 Å². The molecule has 1 saturated carbocycles. The van der Waals surface area contributed by atoms with Gasteiger partial charge in [0.15, 0.2) is 0 Å². The molecule has 3 nitrogen and oxygen atoms in total. The van der Waals surface area contributed by atoms with Crippen molar-refractivity contribution >= 4 is 21.9 Å². The zero-order valence-electron chi connectivity index (χ0n) is 9.98. The molecule has 1 aliphatic carbocycles. The lowest BCUT2D eigenvalue weighted by molar-refractivity contribution is 0.358. The van der Waals surface area contributed by atoms with E-state index in [1.807, 2.05) is 12.4 Å². The average Bonchev–Trinajstić information content (AvgIpc) is 2.87. The van der Waals surface area contributed by atoms with Crippen LogP contribution in [0.2, 0.25) is 0 Å². The Bertz CT molecular complexity index is 379. The molecule has 2 heterocycles. The summed E-state index contributed by atoms with van der Waals surface area (Å²) in [6, 6.07) is 0.707. The van der Waals surface area contributed by atoms with Gasteiger partial charge >= 0.3 is 0 Å². The molecule has 2 fully saturated rings. The predicted octanol–water partition coefficient (Wildman–Crippen LogP) is 3.14. The second kappa shape index (κ2) is 4.92. The van der Waals surface area contributed by atoms with E-state index in [9.17, 15) is 0 Å². The summed E-state index contributed by atoms with van der Waals surface area (Å²) in [6.45, 7) is 1.13. The molecule has 0 spiro atoms. The molecular formula is C13H18BrN3. The summed E-state index contributed by atoms with van der Waals surface area (Å²) in [5.41, 5.74) is 1.15. The first-order valence-corrected chi connectivity index (χ1v) is 7.64. The zero-order chi connectivity index (χ0) is 11.7. The highest BCUT2D eigenvalue weighted by atomic mass is 79.9. The van der Waals surface area contributed by atoms with Gasteiger partial charge in [-0.25, -0.2) is 9.97 Å². The van der Waals surface area contributed by atoms with Gasteiger partial charge in [0.25, 0.3) is 0 Å². The topological polar surface area (TPSA) is 29.0 Å². The Balaban J connectivity index is 1.81. The maximum atomic E-state index is 4.52. The molecule has 0 N–H and O–H groups in total. The molecule has 3 rings (SSSR count). The molecule has 17 heavy (non-hydrogen) atoms. The molecule has 1 aromatic rings. The third-order valence-electron chi connectivity index (χ3n) is 4.10. The predicted molar refractivity (Wildman–Crippen MR) is 72.4 cm³/mol. The number of halogens is 1. The van der Waals surface area contributed by atoms with Crippen molar-refractivity contribution in [1.82, 2.24) is 9.97 Å². The Morgan fingerprint density at radius 2 is 1.94 bits per heavy atom. The third-order valence-corrected chi connectivity index (χ3v) is 4.74. The molecule has 1 aliphatic heterocycles. The first kappa shape index (κ1) is 11.5. The van der Waals surface area contributed by atoms with Crippen molar-refractivity contribution in [2.75, 3.05) is 11.4 Å². The SMILES string of the molecule is BrCc1cnc(N2CCCC3CCCC32)nc1. The number of rotatable bonds is 2. The van der Waals surface area contributed by atoms with E-state index in [1.54, 1.807) is 0 Å². The Hall–Kier alpha value is -0.640. The van der Waals surface area contributed by atoms with Crippen LogP contribution in [0.3, 0.4) is 0 Å². The van der Waals surface area contributed by atoms with Gasteiger partial charge in [-0.2, -0.15) is 0 Å². The molecule has 0 aromatic carbocycles. The lowest BCUT2D eigenvalue weighted by Crippen LogP contribution is -2.43. The summed E-state index contributed by atoms with van der Waals surface area (Å²) in [6.07, 6.45) is 10.7. The lowest BCUT2D eigenvalue weighted by Gasteiger charge is -2.37. The van der Waals surface area contributed by atoms with E-state index < -0.39 is 0 Å². The van der Waals surface area contributed by atoms with Crippen LogP contribution in [-0.2, 0) is 5.33 Å². The van der Waals surface area contributed by atoms with Crippen molar-refractivity contribution in [3.05, 3.63) is 18.0 Å². The number of hydrogen-bond donors (Lipinski definition) is 0. The minimum Gasteiger partial charge on any atom is -0.338 e. The molecule has 1 saturated heterocycles. The van der Waals surface area contributed by atoms with Crippen LogP contribution in [0.25, 0.3) is 0 Å².